The van der Waals surface area contributed by atoms with Crippen LogP contribution >= 0.6 is 0 Å². The van der Waals surface area contributed by atoms with Gasteiger partial charge >= 0.3 is 6.18 Å². The summed E-state index contributed by atoms with van der Waals surface area (Å²) in [5.74, 6) is 0. The van der Waals surface area contributed by atoms with Gasteiger partial charge in [-0.2, -0.15) is 13.2 Å². The van der Waals surface area contributed by atoms with E-state index in [-0.39, 0.29) is 5.56 Å². The zero-order valence-corrected chi connectivity index (χ0v) is 11.9. The number of hydrogen-bond donors (Lipinski definition) is 1. The van der Waals surface area contributed by atoms with Crippen LogP contribution in [0, 0.1) is 0 Å². The minimum Gasteiger partial charge on any atom is -0.392 e. The van der Waals surface area contributed by atoms with Crippen LogP contribution in [0.4, 0.5) is 13.2 Å². The van der Waals surface area contributed by atoms with Crippen LogP contribution in [0.2, 0.25) is 0 Å². The number of morpholine rings is 1. The van der Waals surface area contributed by atoms with Crippen molar-refractivity contribution in [3.63, 3.8) is 0 Å². The molecular weight excluding hydrogens is 283 g/mol. The number of nitrogens with zero attached hydrogens (tertiary/aromatic N) is 1. The van der Waals surface area contributed by atoms with Crippen molar-refractivity contribution >= 4 is 0 Å². The predicted molar refractivity (Wildman–Crippen MR) is 72.9 cm³/mol. The highest BCUT2D eigenvalue weighted by atomic mass is 19.4. The molecule has 1 fully saturated rings. The van der Waals surface area contributed by atoms with Crippen LogP contribution in [0.1, 0.15) is 30.6 Å². The minimum atomic E-state index is -4.38. The summed E-state index contributed by atoms with van der Waals surface area (Å²) in [4.78, 5) is 1.95. The number of hydrogen-bond acceptors (Lipinski definition) is 3. The Labute approximate surface area is 122 Å². The number of ether oxygens (including phenoxy) is 1. The van der Waals surface area contributed by atoms with Gasteiger partial charge in [0, 0.05) is 19.6 Å². The van der Waals surface area contributed by atoms with Gasteiger partial charge < -0.3 is 9.84 Å². The molecule has 1 aliphatic heterocycles. The van der Waals surface area contributed by atoms with Crippen molar-refractivity contribution in [2.75, 3.05) is 26.2 Å². The summed E-state index contributed by atoms with van der Waals surface area (Å²) in [6, 6.07) is 5.52. The first-order valence-electron chi connectivity index (χ1n) is 7.10. The largest absolute Gasteiger partial charge is 0.416 e. The third-order valence-corrected chi connectivity index (χ3v) is 3.70. The van der Waals surface area contributed by atoms with Gasteiger partial charge in [-0.15, -0.1) is 0 Å². The van der Waals surface area contributed by atoms with Crippen LogP contribution in [0.5, 0.6) is 0 Å². The molecule has 2 atom stereocenters. The van der Waals surface area contributed by atoms with Gasteiger partial charge in [0.05, 0.1) is 24.4 Å². The Hall–Kier alpha value is -1.11. The smallest absolute Gasteiger partial charge is 0.392 e. The van der Waals surface area contributed by atoms with E-state index in [9.17, 15) is 18.3 Å². The van der Waals surface area contributed by atoms with Crippen molar-refractivity contribution in [1.82, 2.24) is 4.90 Å². The van der Waals surface area contributed by atoms with Gasteiger partial charge in [0.2, 0.25) is 0 Å². The quantitative estimate of drug-likeness (QED) is 0.928. The van der Waals surface area contributed by atoms with E-state index >= 15 is 0 Å². The summed E-state index contributed by atoms with van der Waals surface area (Å²) in [7, 11) is 0. The standard InChI is InChI=1S/C15H20F3NO2/c1-2-11(20)9-19-7-8-21-14(10-19)12-5-3-4-6-13(12)15(16,17)18/h3-6,11,14,20H,2,7-10H2,1H3/t11-,14-/m1/s1. The van der Waals surface area contributed by atoms with E-state index in [4.69, 9.17) is 4.74 Å². The van der Waals surface area contributed by atoms with Gasteiger partial charge in [-0.1, -0.05) is 25.1 Å². The molecule has 118 valence electrons. The molecule has 0 spiro atoms. The molecule has 1 aromatic carbocycles. The Morgan fingerprint density at radius 2 is 2.10 bits per heavy atom. The molecule has 0 amide bonds. The number of alkyl halides is 3. The van der Waals surface area contributed by atoms with Crippen LogP contribution in [0.3, 0.4) is 0 Å². The van der Waals surface area contributed by atoms with Crippen molar-refractivity contribution in [3.8, 4) is 0 Å². The molecule has 0 saturated carbocycles. The molecule has 1 aromatic rings. The summed E-state index contributed by atoms with van der Waals surface area (Å²) in [6.45, 7) is 3.70. The van der Waals surface area contributed by atoms with Gasteiger partial charge in [0.25, 0.3) is 0 Å². The van der Waals surface area contributed by atoms with Crippen molar-refractivity contribution in [1.29, 1.82) is 0 Å². The third-order valence-electron chi connectivity index (χ3n) is 3.70. The van der Waals surface area contributed by atoms with Crippen molar-refractivity contribution < 1.29 is 23.0 Å². The lowest BCUT2D eigenvalue weighted by Crippen LogP contribution is -2.42. The number of rotatable bonds is 4. The Morgan fingerprint density at radius 1 is 1.38 bits per heavy atom. The SMILES string of the molecule is CC[C@@H](O)CN1CCO[C@@H](c2ccccc2C(F)(F)F)C1. The van der Waals surface area contributed by atoms with E-state index in [0.717, 1.165) is 6.07 Å². The van der Waals surface area contributed by atoms with Gasteiger partial charge in [-0.05, 0) is 18.1 Å². The van der Waals surface area contributed by atoms with Crippen LogP contribution < -0.4 is 0 Å². The number of β-amino-alcohol motifs (C(OH)–C–C–N with tert-alkyl or cyclic N) is 1. The molecular formula is C15H20F3NO2. The Bertz CT molecular complexity index is 464. The average Bonchev–Trinajstić information content (AvgIpc) is 2.46. The van der Waals surface area contributed by atoms with E-state index in [1.54, 1.807) is 6.07 Å². The number of halogens is 3. The summed E-state index contributed by atoms with van der Waals surface area (Å²) in [5.41, 5.74) is -0.478. The Kier molecular flexibility index (Phi) is 5.24. The molecule has 0 unspecified atom stereocenters. The zero-order valence-electron chi connectivity index (χ0n) is 11.9. The molecule has 0 radical (unpaired) electrons. The second kappa shape index (κ2) is 6.77. The number of benzene rings is 1. The average molecular weight is 303 g/mol. The Morgan fingerprint density at radius 3 is 2.76 bits per heavy atom. The monoisotopic (exact) mass is 303 g/mol. The molecule has 6 heteroatoms. The Balaban J connectivity index is 2.15. The summed E-state index contributed by atoms with van der Waals surface area (Å²) in [6.07, 6.45) is -4.82. The lowest BCUT2D eigenvalue weighted by Gasteiger charge is -2.35. The normalized spacial score (nSPS) is 22.2. The molecule has 21 heavy (non-hydrogen) atoms. The second-order valence-electron chi connectivity index (χ2n) is 5.27. The van der Waals surface area contributed by atoms with Crippen LogP contribution in [-0.2, 0) is 10.9 Å². The first-order valence-corrected chi connectivity index (χ1v) is 7.10. The molecule has 3 nitrogen and oxygen atoms in total. The third kappa shape index (κ3) is 4.18. The highest BCUT2D eigenvalue weighted by molar-refractivity contribution is 5.32. The van der Waals surface area contributed by atoms with Crippen molar-refractivity contribution in [2.45, 2.75) is 31.7 Å². The van der Waals surface area contributed by atoms with E-state index in [2.05, 4.69) is 0 Å². The van der Waals surface area contributed by atoms with Crippen molar-refractivity contribution in [2.24, 2.45) is 0 Å². The first-order chi connectivity index (χ1) is 9.91. The zero-order chi connectivity index (χ0) is 15.5. The lowest BCUT2D eigenvalue weighted by molar-refractivity contribution is -0.140. The van der Waals surface area contributed by atoms with Crippen LogP contribution in [0.25, 0.3) is 0 Å². The molecule has 0 bridgehead atoms. The fourth-order valence-corrected chi connectivity index (χ4v) is 2.52. The van der Waals surface area contributed by atoms with Crippen LogP contribution in [0.15, 0.2) is 24.3 Å². The maximum atomic E-state index is 13.1. The summed E-state index contributed by atoms with van der Waals surface area (Å²) >= 11 is 0. The molecule has 1 aliphatic rings. The molecule has 1 heterocycles. The number of aliphatic hydroxyl groups is 1. The van der Waals surface area contributed by atoms with Gasteiger partial charge in [-0.25, -0.2) is 0 Å². The molecule has 1 saturated heterocycles. The van der Waals surface area contributed by atoms with Crippen molar-refractivity contribution in [3.05, 3.63) is 35.4 Å². The van der Waals surface area contributed by atoms with E-state index in [1.165, 1.54) is 12.1 Å². The maximum Gasteiger partial charge on any atom is 0.416 e. The lowest BCUT2D eigenvalue weighted by atomic mass is 10.0. The fourth-order valence-electron chi connectivity index (χ4n) is 2.52. The molecule has 1 N–H and O–H groups in total. The number of aliphatic hydroxyl groups excluding tert-OH is 1. The minimum absolute atomic E-state index is 0.167. The van der Waals surface area contributed by atoms with E-state index in [0.29, 0.717) is 32.7 Å². The first kappa shape index (κ1) is 16.3. The van der Waals surface area contributed by atoms with Gasteiger partial charge in [0.15, 0.2) is 0 Å². The van der Waals surface area contributed by atoms with Crippen LogP contribution in [-0.4, -0.2) is 42.4 Å². The van der Waals surface area contributed by atoms with Gasteiger partial charge in [0.1, 0.15) is 0 Å². The molecule has 2 rings (SSSR count). The fraction of sp³-hybridized carbons (Fsp3) is 0.600. The van der Waals surface area contributed by atoms with Gasteiger partial charge in [-0.3, -0.25) is 4.90 Å². The van der Waals surface area contributed by atoms with E-state index in [1.807, 2.05) is 11.8 Å². The predicted octanol–water partition coefficient (Wildman–Crippen LogP) is 2.85. The topological polar surface area (TPSA) is 32.7 Å². The highest BCUT2D eigenvalue weighted by Gasteiger charge is 2.36. The summed E-state index contributed by atoms with van der Waals surface area (Å²) < 4.78 is 44.7. The van der Waals surface area contributed by atoms with E-state index < -0.39 is 23.9 Å². The summed E-state index contributed by atoms with van der Waals surface area (Å²) in [5, 5.41) is 9.69. The second-order valence-corrected chi connectivity index (χ2v) is 5.27. The maximum absolute atomic E-state index is 13.1. The molecule has 0 aromatic heterocycles. The highest BCUT2D eigenvalue weighted by Crippen LogP contribution is 2.36. The molecule has 0 aliphatic carbocycles.